The number of carbonyl (C=O) groups is 1. The van der Waals surface area contributed by atoms with Gasteiger partial charge in [0.25, 0.3) is 0 Å². The zero-order valence-electron chi connectivity index (χ0n) is 10.4. The number of hydrogen-bond donors (Lipinski definition) is 0. The average molecular weight is 276 g/mol. The van der Waals surface area contributed by atoms with Crippen LogP contribution in [0.25, 0.3) is 0 Å². The smallest absolute Gasteiger partial charge is 0.180 e. The second-order valence-electron chi connectivity index (χ2n) is 4.73. The molecule has 0 bridgehead atoms. The number of thiophene rings is 2. The Kier molecular flexibility index (Phi) is 3.35. The van der Waals surface area contributed by atoms with Gasteiger partial charge in [0.05, 0.1) is 4.88 Å². The second-order valence-corrected chi connectivity index (χ2v) is 6.90. The molecule has 0 amide bonds. The van der Waals surface area contributed by atoms with Gasteiger partial charge >= 0.3 is 0 Å². The Morgan fingerprint density at radius 3 is 3.06 bits per heavy atom. The van der Waals surface area contributed by atoms with Gasteiger partial charge in [0.1, 0.15) is 0 Å². The number of rotatable bonds is 3. The summed E-state index contributed by atoms with van der Waals surface area (Å²) in [5.74, 6) is 0.447. The third-order valence-corrected chi connectivity index (χ3v) is 5.86. The summed E-state index contributed by atoms with van der Waals surface area (Å²) in [6, 6.07) is 6.25. The molecule has 3 rings (SSSR count). The van der Waals surface area contributed by atoms with Crippen LogP contribution in [-0.2, 0) is 12.8 Å². The molecule has 0 saturated heterocycles. The van der Waals surface area contributed by atoms with Gasteiger partial charge in [0.2, 0.25) is 0 Å². The van der Waals surface area contributed by atoms with Crippen LogP contribution in [0.4, 0.5) is 0 Å². The molecule has 18 heavy (non-hydrogen) atoms. The van der Waals surface area contributed by atoms with E-state index >= 15 is 0 Å². The average Bonchev–Trinajstić information content (AvgIpc) is 3.05. The van der Waals surface area contributed by atoms with Crippen molar-refractivity contribution < 1.29 is 4.79 Å². The number of hydrogen-bond acceptors (Lipinski definition) is 3. The standard InChI is InChI=1S/C15H16OS2/c1-2-10-6-7-14(18-10)15(16)12-4-3-5-13-11(12)8-9-17-13/h6-9,12H,2-5H2,1H3. The highest BCUT2D eigenvalue weighted by atomic mass is 32.1. The van der Waals surface area contributed by atoms with E-state index in [1.165, 1.54) is 15.3 Å². The minimum absolute atomic E-state index is 0.114. The first kappa shape index (κ1) is 12.1. The van der Waals surface area contributed by atoms with Crippen LogP contribution in [0.2, 0.25) is 0 Å². The van der Waals surface area contributed by atoms with Gasteiger partial charge in [0, 0.05) is 15.7 Å². The normalized spacial score (nSPS) is 18.6. The number of aryl methyl sites for hydroxylation is 2. The SMILES string of the molecule is CCc1ccc(C(=O)C2CCCc3sccc32)s1. The summed E-state index contributed by atoms with van der Waals surface area (Å²) in [5.41, 5.74) is 1.29. The van der Waals surface area contributed by atoms with Crippen LogP contribution >= 0.6 is 22.7 Å². The molecule has 0 aromatic carbocycles. The quantitative estimate of drug-likeness (QED) is 0.744. The third kappa shape index (κ3) is 2.06. The van der Waals surface area contributed by atoms with Gasteiger partial charge in [-0.05, 0) is 54.8 Å². The molecule has 0 spiro atoms. The Hall–Kier alpha value is -0.930. The molecular weight excluding hydrogens is 260 g/mol. The van der Waals surface area contributed by atoms with E-state index in [4.69, 9.17) is 0 Å². The Morgan fingerprint density at radius 1 is 1.39 bits per heavy atom. The van der Waals surface area contributed by atoms with Crippen LogP contribution in [0.5, 0.6) is 0 Å². The molecule has 0 radical (unpaired) electrons. The van der Waals surface area contributed by atoms with E-state index in [0.717, 1.165) is 30.6 Å². The molecule has 1 nitrogen and oxygen atoms in total. The molecule has 0 N–H and O–H groups in total. The van der Waals surface area contributed by atoms with Gasteiger partial charge in [0.15, 0.2) is 5.78 Å². The van der Waals surface area contributed by atoms with Gasteiger partial charge in [-0.15, -0.1) is 22.7 Å². The van der Waals surface area contributed by atoms with E-state index in [0.29, 0.717) is 5.78 Å². The largest absolute Gasteiger partial charge is 0.293 e. The Morgan fingerprint density at radius 2 is 2.28 bits per heavy atom. The van der Waals surface area contributed by atoms with Crippen molar-refractivity contribution in [1.82, 2.24) is 0 Å². The topological polar surface area (TPSA) is 17.1 Å². The molecule has 2 aromatic heterocycles. The first-order chi connectivity index (χ1) is 8.79. The van der Waals surface area contributed by atoms with Crippen LogP contribution in [0.15, 0.2) is 23.6 Å². The van der Waals surface area contributed by atoms with Crippen molar-refractivity contribution in [2.75, 3.05) is 0 Å². The molecule has 2 aromatic rings. The number of carbonyl (C=O) groups excluding carboxylic acids is 1. The summed E-state index contributed by atoms with van der Waals surface area (Å²) in [7, 11) is 0. The van der Waals surface area contributed by atoms with Gasteiger partial charge in [-0.1, -0.05) is 6.92 Å². The molecule has 0 fully saturated rings. The Labute approximate surface area is 115 Å². The summed E-state index contributed by atoms with van der Waals surface area (Å²) in [4.78, 5) is 16.3. The van der Waals surface area contributed by atoms with Crippen molar-refractivity contribution in [2.24, 2.45) is 0 Å². The molecule has 1 unspecified atom stereocenters. The maximum Gasteiger partial charge on any atom is 0.180 e. The summed E-state index contributed by atoms with van der Waals surface area (Å²) in [5, 5.41) is 2.13. The molecule has 1 aliphatic rings. The van der Waals surface area contributed by atoms with E-state index in [2.05, 4.69) is 24.4 Å². The molecule has 3 heteroatoms. The van der Waals surface area contributed by atoms with Gasteiger partial charge in [-0.25, -0.2) is 0 Å². The van der Waals surface area contributed by atoms with E-state index in [9.17, 15) is 4.79 Å². The molecule has 2 heterocycles. The Balaban J connectivity index is 1.90. The molecule has 1 atom stereocenters. The zero-order chi connectivity index (χ0) is 12.5. The van der Waals surface area contributed by atoms with E-state index in [1.54, 1.807) is 22.7 Å². The van der Waals surface area contributed by atoms with Crippen molar-refractivity contribution in [1.29, 1.82) is 0 Å². The number of Topliss-reactive ketones (excluding diaryl/α,β-unsaturated/α-hetero) is 1. The lowest BCUT2D eigenvalue weighted by Gasteiger charge is -2.20. The van der Waals surface area contributed by atoms with Crippen molar-refractivity contribution in [2.45, 2.75) is 38.5 Å². The lowest BCUT2D eigenvalue weighted by Crippen LogP contribution is -2.16. The predicted octanol–water partition coefficient (Wildman–Crippen LogP) is 4.67. The van der Waals surface area contributed by atoms with Crippen molar-refractivity contribution >= 4 is 28.5 Å². The van der Waals surface area contributed by atoms with Gasteiger partial charge in [-0.3, -0.25) is 4.79 Å². The fraction of sp³-hybridized carbons (Fsp3) is 0.400. The lowest BCUT2D eigenvalue weighted by molar-refractivity contribution is 0.0955. The fourth-order valence-electron chi connectivity index (χ4n) is 2.63. The molecule has 0 saturated carbocycles. The van der Waals surface area contributed by atoms with Crippen LogP contribution in [0.1, 0.15) is 50.7 Å². The second kappa shape index (κ2) is 4.98. The Bertz CT molecular complexity index is 565. The van der Waals surface area contributed by atoms with E-state index in [1.807, 2.05) is 6.07 Å². The maximum atomic E-state index is 12.6. The highest BCUT2D eigenvalue weighted by Crippen LogP contribution is 2.37. The summed E-state index contributed by atoms with van der Waals surface area (Å²) < 4.78 is 0. The van der Waals surface area contributed by atoms with Crippen LogP contribution in [0, 0.1) is 0 Å². The maximum absolute atomic E-state index is 12.6. The molecule has 0 aliphatic heterocycles. The summed E-state index contributed by atoms with van der Waals surface area (Å²) >= 11 is 3.47. The lowest BCUT2D eigenvalue weighted by atomic mass is 9.84. The third-order valence-electron chi connectivity index (χ3n) is 3.62. The zero-order valence-corrected chi connectivity index (χ0v) is 12.1. The van der Waals surface area contributed by atoms with Crippen LogP contribution < -0.4 is 0 Å². The van der Waals surface area contributed by atoms with Crippen LogP contribution in [-0.4, -0.2) is 5.78 Å². The highest BCUT2D eigenvalue weighted by Gasteiger charge is 2.28. The van der Waals surface area contributed by atoms with Crippen molar-refractivity contribution in [3.63, 3.8) is 0 Å². The molecule has 94 valence electrons. The predicted molar refractivity (Wildman–Crippen MR) is 78.0 cm³/mol. The number of fused-ring (bicyclic) bond motifs is 1. The fourth-order valence-corrected chi connectivity index (χ4v) is 4.56. The van der Waals surface area contributed by atoms with Gasteiger partial charge < -0.3 is 0 Å². The van der Waals surface area contributed by atoms with Crippen LogP contribution in [0.3, 0.4) is 0 Å². The summed E-state index contributed by atoms with van der Waals surface area (Å²) in [6.45, 7) is 2.14. The van der Waals surface area contributed by atoms with Crippen molar-refractivity contribution in [3.8, 4) is 0 Å². The first-order valence-corrected chi connectivity index (χ1v) is 8.18. The highest BCUT2D eigenvalue weighted by molar-refractivity contribution is 7.14. The minimum Gasteiger partial charge on any atom is -0.293 e. The van der Waals surface area contributed by atoms with E-state index in [-0.39, 0.29) is 5.92 Å². The van der Waals surface area contributed by atoms with Crippen molar-refractivity contribution in [3.05, 3.63) is 43.8 Å². The van der Waals surface area contributed by atoms with E-state index < -0.39 is 0 Å². The summed E-state index contributed by atoms with van der Waals surface area (Å²) in [6.07, 6.45) is 4.34. The first-order valence-electron chi connectivity index (χ1n) is 6.48. The molecule has 1 aliphatic carbocycles. The van der Waals surface area contributed by atoms with Gasteiger partial charge in [-0.2, -0.15) is 0 Å². The number of ketones is 1. The monoisotopic (exact) mass is 276 g/mol. The minimum atomic E-state index is 0.114. The molecular formula is C15H16OS2.